The zero-order chi connectivity index (χ0) is 11.6. The molecule has 1 heterocycles. The fraction of sp³-hybridized carbons (Fsp3) is 0.750. The van der Waals surface area contributed by atoms with Crippen LogP contribution in [0.2, 0.25) is 0 Å². The lowest BCUT2D eigenvalue weighted by atomic mass is 9.92. The van der Waals surface area contributed by atoms with Crippen LogP contribution in [0.5, 0.6) is 0 Å². The first-order valence-corrected chi connectivity index (χ1v) is 5.70. The number of aryl methyl sites for hydroxylation is 1. The van der Waals surface area contributed by atoms with Gasteiger partial charge in [0.2, 0.25) is 0 Å². The van der Waals surface area contributed by atoms with Crippen molar-refractivity contribution in [3.63, 3.8) is 0 Å². The lowest BCUT2D eigenvalue weighted by Gasteiger charge is -2.14. The molecule has 1 aromatic heterocycles. The molecule has 0 aromatic carbocycles. The number of hydrogen-bond acceptors (Lipinski definition) is 2. The smallest absolute Gasteiger partial charge is 0.0681 e. The first-order valence-electron chi connectivity index (χ1n) is 5.70. The zero-order valence-electron chi connectivity index (χ0n) is 10.5. The highest BCUT2D eigenvalue weighted by Gasteiger charge is 2.20. The highest BCUT2D eigenvalue weighted by atomic mass is 15.3. The first kappa shape index (κ1) is 12.2. The molecule has 3 heteroatoms. The molecule has 0 aliphatic carbocycles. The van der Waals surface area contributed by atoms with Gasteiger partial charge in [0.15, 0.2) is 0 Å². The predicted molar refractivity (Wildman–Crippen MR) is 63.8 cm³/mol. The van der Waals surface area contributed by atoms with E-state index < -0.39 is 0 Å². The van der Waals surface area contributed by atoms with E-state index >= 15 is 0 Å². The Labute approximate surface area is 92.7 Å². The highest BCUT2D eigenvalue weighted by molar-refractivity contribution is 5.19. The van der Waals surface area contributed by atoms with Gasteiger partial charge in [-0.15, -0.1) is 0 Å². The van der Waals surface area contributed by atoms with Crippen molar-refractivity contribution in [2.24, 2.45) is 5.73 Å². The van der Waals surface area contributed by atoms with Gasteiger partial charge in [0, 0.05) is 18.0 Å². The van der Waals surface area contributed by atoms with Gasteiger partial charge in [-0.2, -0.15) is 5.10 Å². The van der Waals surface area contributed by atoms with E-state index in [1.165, 1.54) is 0 Å². The number of aromatic nitrogens is 2. The SMILES string of the molecule is CCCn1nc(C(C)(C)C)cc1[C@@H](C)N. The molecular formula is C12H23N3. The molecule has 0 fully saturated rings. The topological polar surface area (TPSA) is 43.8 Å². The lowest BCUT2D eigenvalue weighted by molar-refractivity contribution is 0.513. The minimum Gasteiger partial charge on any atom is -0.323 e. The van der Waals surface area contributed by atoms with Crippen molar-refractivity contribution in [3.8, 4) is 0 Å². The van der Waals surface area contributed by atoms with Crippen molar-refractivity contribution in [1.82, 2.24) is 9.78 Å². The maximum Gasteiger partial charge on any atom is 0.0681 e. The Bertz CT molecular complexity index is 318. The molecule has 0 saturated heterocycles. The van der Waals surface area contributed by atoms with Crippen LogP contribution >= 0.6 is 0 Å². The number of hydrogen-bond donors (Lipinski definition) is 1. The van der Waals surface area contributed by atoms with E-state index in [1.54, 1.807) is 0 Å². The maximum atomic E-state index is 5.94. The van der Waals surface area contributed by atoms with Crippen LogP contribution in [0.15, 0.2) is 6.07 Å². The number of rotatable bonds is 3. The van der Waals surface area contributed by atoms with Gasteiger partial charge in [-0.1, -0.05) is 27.7 Å². The summed E-state index contributed by atoms with van der Waals surface area (Å²) in [5.74, 6) is 0. The van der Waals surface area contributed by atoms with E-state index in [9.17, 15) is 0 Å². The molecule has 0 bridgehead atoms. The molecule has 0 radical (unpaired) electrons. The number of nitrogens with zero attached hydrogens (tertiary/aromatic N) is 2. The van der Waals surface area contributed by atoms with E-state index in [2.05, 4.69) is 38.9 Å². The van der Waals surface area contributed by atoms with Gasteiger partial charge in [0.05, 0.1) is 11.4 Å². The largest absolute Gasteiger partial charge is 0.323 e. The van der Waals surface area contributed by atoms with Gasteiger partial charge in [0.25, 0.3) is 0 Å². The molecule has 2 N–H and O–H groups in total. The molecule has 0 spiro atoms. The van der Waals surface area contributed by atoms with E-state index in [4.69, 9.17) is 5.73 Å². The summed E-state index contributed by atoms with van der Waals surface area (Å²) in [6.07, 6.45) is 1.09. The molecule has 0 aliphatic heterocycles. The Hall–Kier alpha value is -0.830. The monoisotopic (exact) mass is 209 g/mol. The molecular weight excluding hydrogens is 186 g/mol. The van der Waals surface area contributed by atoms with Crippen LogP contribution in [-0.2, 0) is 12.0 Å². The number of nitrogens with two attached hydrogens (primary N) is 1. The lowest BCUT2D eigenvalue weighted by Crippen LogP contribution is -2.14. The normalized spacial score (nSPS) is 14.3. The third kappa shape index (κ3) is 2.81. The summed E-state index contributed by atoms with van der Waals surface area (Å²) in [5, 5.41) is 4.63. The van der Waals surface area contributed by atoms with Gasteiger partial charge < -0.3 is 5.73 Å². The summed E-state index contributed by atoms with van der Waals surface area (Å²) in [4.78, 5) is 0. The average molecular weight is 209 g/mol. The minimum atomic E-state index is 0.0557. The zero-order valence-corrected chi connectivity index (χ0v) is 10.5. The summed E-state index contributed by atoms with van der Waals surface area (Å²) in [6, 6.07) is 2.19. The molecule has 0 saturated carbocycles. The molecule has 15 heavy (non-hydrogen) atoms. The highest BCUT2D eigenvalue weighted by Crippen LogP contribution is 2.23. The fourth-order valence-corrected chi connectivity index (χ4v) is 1.56. The fourth-order valence-electron chi connectivity index (χ4n) is 1.56. The Morgan fingerprint density at radius 3 is 2.47 bits per heavy atom. The quantitative estimate of drug-likeness (QED) is 0.831. The van der Waals surface area contributed by atoms with Crippen molar-refractivity contribution in [3.05, 3.63) is 17.5 Å². The molecule has 0 unspecified atom stereocenters. The van der Waals surface area contributed by atoms with Crippen molar-refractivity contribution < 1.29 is 0 Å². The van der Waals surface area contributed by atoms with E-state index in [0.717, 1.165) is 24.4 Å². The van der Waals surface area contributed by atoms with Crippen LogP contribution in [0.25, 0.3) is 0 Å². The third-order valence-electron chi connectivity index (χ3n) is 2.48. The van der Waals surface area contributed by atoms with E-state index in [0.29, 0.717) is 0 Å². The Morgan fingerprint density at radius 1 is 1.47 bits per heavy atom. The van der Waals surface area contributed by atoms with Crippen molar-refractivity contribution in [2.75, 3.05) is 0 Å². The predicted octanol–water partition coefficient (Wildman–Crippen LogP) is 2.61. The van der Waals surface area contributed by atoms with E-state index in [-0.39, 0.29) is 11.5 Å². The second-order valence-corrected chi connectivity index (χ2v) is 5.22. The van der Waals surface area contributed by atoms with Crippen LogP contribution < -0.4 is 5.73 Å². The standard InChI is InChI=1S/C12H23N3/c1-6-7-15-10(9(2)13)8-11(14-15)12(3,4)5/h8-9H,6-7,13H2,1-5H3/t9-/m1/s1. The van der Waals surface area contributed by atoms with E-state index in [1.807, 2.05) is 11.6 Å². The Balaban J connectivity index is 3.09. The summed E-state index contributed by atoms with van der Waals surface area (Å²) in [7, 11) is 0. The summed E-state index contributed by atoms with van der Waals surface area (Å²) < 4.78 is 2.05. The minimum absolute atomic E-state index is 0.0557. The Morgan fingerprint density at radius 2 is 2.07 bits per heavy atom. The molecule has 1 atom stereocenters. The van der Waals surface area contributed by atoms with Crippen molar-refractivity contribution in [1.29, 1.82) is 0 Å². The third-order valence-corrected chi connectivity index (χ3v) is 2.48. The van der Waals surface area contributed by atoms with Crippen molar-refractivity contribution >= 4 is 0 Å². The van der Waals surface area contributed by atoms with Gasteiger partial charge in [-0.3, -0.25) is 4.68 Å². The molecule has 1 rings (SSSR count). The van der Waals surface area contributed by atoms with Gasteiger partial charge in [-0.25, -0.2) is 0 Å². The first-order chi connectivity index (χ1) is 6.86. The van der Waals surface area contributed by atoms with Crippen LogP contribution in [-0.4, -0.2) is 9.78 Å². The molecule has 1 aromatic rings. The molecule has 0 aliphatic rings. The van der Waals surface area contributed by atoms with Crippen LogP contribution in [0, 0.1) is 0 Å². The molecule has 0 amide bonds. The second kappa shape index (κ2) is 4.35. The summed E-state index contributed by atoms with van der Waals surface area (Å²) >= 11 is 0. The molecule has 86 valence electrons. The second-order valence-electron chi connectivity index (χ2n) is 5.22. The van der Waals surface area contributed by atoms with Crippen LogP contribution in [0.3, 0.4) is 0 Å². The Kier molecular flexibility index (Phi) is 3.55. The average Bonchev–Trinajstić information content (AvgIpc) is 2.48. The molecule has 3 nitrogen and oxygen atoms in total. The summed E-state index contributed by atoms with van der Waals surface area (Å²) in [5.41, 5.74) is 8.31. The van der Waals surface area contributed by atoms with Crippen molar-refractivity contribution in [2.45, 2.75) is 59.0 Å². The van der Waals surface area contributed by atoms with Gasteiger partial charge in [-0.05, 0) is 19.4 Å². The maximum absolute atomic E-state index is 5.94. The summed E-state index contributed by atoms with van der Waals surface area (Å²) in [6.45, 7) is 11.6. The van der Waals surface area contributed by atoms with Crippen LogP contribution in [0.1, 0.15) is 58.5 Å². The van der Waals surface area contributed by atoms with Gasteiger partial charge in [0.1, 0.15) is 0 Å². The van der Waals surface area contributed by atoms with Crippen LogP contribution in [0.4, 0.5) is 0 Å². The van der Waals surface area contributed by atoms with Gasteiger partial charge >= 0.3 is 0 Å².